The maximum atomic E-state index is 12.8. The van der Waals surface area contributed by atoms with Crippen molar-refractivity contribution in [1.29, 1.82) is 0 Å². The van der Waals surface area contributed by atoms with E-state index in [0.717, 1.165) is 35.5 Å². The number of anilines is 1. The summed E-state index contributed by atoms with van der Waals surface area (Å²) in [6.07, 6.45) is -4.17. The molecule has 1 fully saturated rings. The molecule has 3 N–H and O–H groups in total. The van der Waals surface area contributed by atoms with Gasteiger partial charge in [0, 0.05) is 30.9 Å². The molecule has 9 nitrogen and oxygen atoms in total. The smallest absolute Gasteiger partial charge is 0.490 e. The van der Waals surface area contributed by atoms with Gasteiger partial charge in [0.2, 0.25) is 15.9 Å². The Balaban J connectivity index is 1.18. The van der Waals surface area contributed by atoms with Gasteiger partial charge in [-0.2, -0.15) is 4.31 Å². The lowest BCUT2D eigenvalue weighted by Gasteiger charge is -2.31. The quantitative estimate of drug-likeness (QED) is 0.422. The Morgan fingerprint density at radius 1 is 1.14 bits per heavy atom. The number of sulfonamides is 1. The summed E-state index contributed by atoms with van der Waals surface area (Å²) in [5.41, 5.74) is 1.50. The Morgan fingerprint density at radius 3 is 2.51 bits per heavy atom. The summed E-state index contributed by atoms with van der Waals surface area (Å²) in [4.78, 5) is 11.5. The summed E-state index contributed by atoms with van der Waals surface area (Å²) in [7, 11) is -3.83. The first kappa shape index (κ1) is 27.2. The second-order valence-electron chi connectivity index (χ2n) is 9.00. The third kappa shape index (κ3) is 7.12. The number of benzene rings is 2. The summed E-state index contributed by atoms with van der Waals surface area (Å²) in [5, 5.41) is 16.2. The SMILES string of the molecule is O=C1Cc2c(cccc2OC[C@@H](O)CNCC2CCN(S(=O)(=O)c3ccc(OC(F)(F)F)cc3)CC2)N1. The third-order valence-corrected chi connectivity index (χ3v) is 8.17. The summed E-state index contributed by atoms with van der Waals surface area (Å²) < 4.78 is 73.5. The van der Waals surface area contributed by atoms with Gasteiger partial charge in [0.15, 0.2) is 0 Å². The number of piperidine rings is 1. The highest BCUT2D eigenvalue weighted by Gasteiger charge is 2.32. The average Bonchev–Trinajstić information content (AvgIpc) is 3.23. The summed E-state index contributed by atoms with van der Waals surface area (Å²) in [6.45, 7) is 1.51. The minimum Gasteiger partial charge on any atom is -0.490 e. The number of rotatable bonds is 10. The number of hydrogen-bond acceptors (Lipinski definition) is 7. The fraction of sp³-hybridized carbons (Fsp3) is 0.458. The van der Waals surface area contributed by atoms with Crippen LogP contribution in [0.25, 0.3) is 0 Å². The summed E-state index contributed by atoms with van der Waals surface area (Å²) in [5.74, 6) is 0.187. The molecule has 0 aromatic heterocycles. The van der Waals surface area contributed by atoms with Crippen molar-refractivity contribution in [3.63, 3.8) is 0 Å². The number of alkyl halides is 3. The lowest BCUT2D eigenvalue weighted by Crippen LogP contribution is -2.42. The molecule has 1 amide bonds. The molecule has 0 radical (unpaired) electrons. The zero-order chi connectivity index (χ0) is 26.6. The Bertz CT molecular complexity index is 1200. The Labute approximate surface area is 212 Å². The second kappa shape index (κ2) is 11.3. The summed E-state index contributed by atoms with van der Waals surface area (Å²) >= 11 is 0. The number of aliphatic hydroxyl groups is 1. The molecule has 0 saturated carbocycles. The van der Waals surface area contributed by atoms with Gasteiger partial charge in [-0.15, -0.1) is 13.2 Å². The van der Waals surface area contributed by atoms with Crippen molar-refractivity contribution < 1.29 is 41.0 Å². The number of nitrogens with one attached hydrogen (secondary N) is 2. The van der Waals surface area contributed by atoms with Crippen molar-refractivity contribution in [3.05, 3.63) is 48.0 Å². The largest absolute Gasteiger partial charge is 0.573 e. The van der Waals surface area contributed by atoms with Gasteiger partial charge in [0.25, 0.3) is 0 Å². The van der Waals surface area contributed by atoms with E-state index in [1.165, 1.54) is 4.31 Å². The van der Waals surface area contributed by atoms with Gasteiger partial charge in [-0.05, 0) is 61.7 Å². The molecule has 2 aliphatic heterocycles. The molecule has 1 atom stereocenters. The average molecular weight is 544 g/mol. The zero-order valence-corrected chi connectivity index (χ0v) is 20.6. The normalized spacial score (nSPS) is 17.8. The van der Waals surface area contributed by atoms with Crippen LogP contribution in [-0.4, -0.2) is 69.0 Å². The van der Waals surface area contributed by atoms with Gasteiger partial charge < -0.3 is 25.2 Å². The molecule has 1 saturated heterocycles. The van der Waals surface area contributed by atoms with Crippen LogP contribution in [-0.2, 0) is 21.2 Å². The van der Waals surface area contributed by atoms with Crippen LogP contribution in [0.15, 0.2) is 47.4 Å². The fourth-order valence-corrected chi connectivity index (χ4v) is 5.84. The van der Waals surface area contributed by atoms with Crippen LogP contribution in [0, 0.1) is 5.92 Å². The lowest BCUT2D eigenvalue weighted by atomic mass is 9.98. The third-order valence-electron chi connectivity index (χ3n) is 6.26. The van der Waals surface area contributed by atoms with Crippen LogP contribution >= 0.6 is 0 Å². The van der Waals surface area contributed by atoms with E-state index in [-0.39, 0.29) is 49.4 Å². The van der Waals surface area contributed by atoms with Crippen LogP contribution in [0.5, 0.6) is 11.5 Å². The van der Waals surface area contributed by atoms with Gasteiger partial charge in [0.1, 0.15) is 24.2 Å². The molecule has 0 aliphatic carbocycles. The van der Waals surface area contributed by atoms with Gasteiger partial charge in [-0.1, -0.05) is 6.07 Å². The van der Waals surface area contributed by atoms with E-state index >= 15 is 0 Å². The number of aliphatic hydroxyl groups excluding tert-OH is 1. The van der Waals surface area contributed by atoms with Gasteiger partial charge in [-0.25, -0.2) is 8.42 Å². The number of carbonyl (C=O) groups excluding carboxylic acids is 1. The molecule has 2 heterocycles. The second-order valence-corrected chi connectivity index (χ2v) is 10.9. The molecule has 2 aromatic carbocycles. The van der Waals surface area contributed by atoms with Gasteiger partial charge >= 0.3 is 6.36 Å². The molecule has 0 spiro atoms. The maximum absolute atomic E-state index is 12.8. The fourth-order valence-electron chi connectivity index (χ4n) is 4.37. The summed E-state index contributed by atoms with van der Waals surface area (Å²) in [6, 6.07) is 9.49. The number of halogens is 3. The number of amides is 1. The number of nitrogens with zero attached hydrogens (tertiary/aromatic N) is 1. The standard InChI is InChI=1S/C24H28F3N3O6S/c25-24(26,27)36-18-4-6-19(7-5-18)37(33,34)30-10-8-16(9-11-30)13-28-14-17(31)15-35-22-3-1-2-21-20(22)12-23(32)29-21/h1-7,16-17,28,31H,8-15H2,(H,29,32)/t17-/m0/s1. The van der Waals surface area contributed by atoms with Gasteiger partial charge in [-0.3, -0.25) is 4.79 Å². The minimum atomic E-state index is -4.85. The van der Waals surface area contributed by atoms with Crippen molar-refractivity contribution in [3.8, 4) is 11.5 Å². The van der Waals surface area contributed by atoms with E-state index in [9.17, 15) is 31.5 Å². The van der Waals surface area contributed by atoms with Crippen LogP contribution in [0.4, 0.5) is 18.9 Å². The van der Waals surface area contributed by atoms with Crippen LogP contribution in [0.1, 0.15) is 18.4 Å². The molecule has 37 heavy (non-hydrogen) atoms. The topological polar surface area (TPSA) is 117 Å². The molecule has 2 aromatic rings. The zero-order valence-electron chi connectivity index (χ0n) is 19.8. The monoisotopic (exact) mass is 543 g/mol. The molecular formula is C24H28F3N3O6S. The molecule has 0 unspecified atom stereocenters. The van der Waals surface area contributed by atoms with E-state index in [2.05, 4.69) is 15.4 Å². The highest BCUT2D eigenvalue weighted by molar-refractivity contribution is 7.89. The molecular weight excluding hydrogens is 515 g/mol. The minimum absolute atomic E-state index is 0.0567. The van der Waals surface area contributed by atoms with E-state index in [1.54, 1.807) is 18.2 Å². The Hall–Kier alpha value is -2.87. The predicted molar refractivity (Wildman–Crippen MR) is 128 cm³/mol. The van der Waals surface area contributed by atoms with Crippen molar-refractivity contribution in [2.24, 2.45) is 5.92 Å². The van der Waals surface area contributed by atoms with Crippen molar-refractivity contribution in [1.82, 2.24) is 9.62 Å². The Morgan fingerprint density at radius 2 is 1.84 bits per heavy atom. The molecule has 13 heteroatoms. The highest BCUT2D eigenvalue weighted by atomic mass is 32.2. The number of fused-ring (bicyclic) bond motifs is 1. The van der Waals surface area contributed by atoms with Crippen LogP contribution in [0.3, 0.4) is 0 Å². The van der Waals surface area contributed by atoms with Crippen molar-refractivity contribution >= 4 is 21.6 Å². The molecule has 202 valence electrons. The van der Waals surface area contributed by atoms with Crippen molar-refractivity contribution in [2.45, 2.75) is 36.6 Å². The molecule has 2 aliphatic rings. The van der Waals surface area contributed by atoms with E-state index < -0.39 is 28.2 Å². The molecule has 4 rings (SSSR count). The lowest BCUT2D eigenvalue weighted by molar-refractivity contribution is -0.274. The van der Waals surface area contributed by atoms with E-state index in [4.69, 9.17) is 4.74 Å². The number of hydrogen-bond donors (Lipinski definition) is 3. The predicted octanol–water partition coefficient (Wildman–Crippen LogP) is 2.51. The number of ether oxygens (including phenoxy) is 2. The highest BCUT2D eigenvalue weighted by Crippen LogP contribution is 2.31. The Kier molecular flexibility index (Phi) is 8.26. The van der Waals surface area contributed by atoms with Crippen LogP contribution in [0.2, 0.25) is 0 Å². The van der Waals surface area contributed by atoms with E-state index in [1.807, 2.05) is 0 Å². The van der Waals surface area contributed by atoms with Gasteiger partial charge in [0.05, 0.1) is 11.3 Å². The first-order valence-corrected chi connectivity index (χ1v) is 13.2. The number of carbonyl (C=O) groups is 1. The molecule has 0 bridgehead atoms. The maximum Gasteiger partial charge on any atom is 0.573 e. The van der Waals surface area contributed by atoms with E-state index in [0.29, 0.717) is 25.1 Å². The van der Waals surface area contributed by atoms with Crippen molar-refractivity contribution in [2.75, 3.05) is 38.1 Å². The van der Waals surface area contributed by atoms with Crippen LogP contribution < -0.4 is 20.1 Å². The first-order chi connectivity index (χ1) is 17.5. The first-order valence-electron chi connectivity index (χ1n) is 11.8.